The number of nitrogens with two attached hydrogens (primary N) is 1. The second kappa shape index (κ2) is 7.13. The van der Waals surface area contributed by atoms with Crippen LogP contribution in [0.1, 0.15) is 13.8 Å². The second-order valence-corrected chi connectivity index (χ2v) is 4.41. The van der Waals surface area contributed by atoms with E-state index in [0.29, 0.717) is 23.3 Å². The van der Waals surface area contributed by atoms with Gasteiger partial charge < -0.3 is 15.6 Å². The van der Waals surface area contributed by atoms with Gasteiger partial charge in [0.25, 0.3) is 0 Å². The lowest BCUT2D eigenvalue weighted by Crippen LogP contribution is -2.07. The number of allylic oxidation sites excluding steroid dienone is 2. The van der Waals surface area contributed by atoms with Gasteiger partial charge >= 0.3 is 0 Å². The predicted molar refractivity (Wildman–Crippen MR) is 79.5 cm³/mol. The first-order chi connectivity index (χ1) is 9.40. The molecule has 0 bridgehead atoms. The van der Waals surface area contributed by atoms with Gasteiger partial charge in [-0.2, -0.15) is 0 Å². The maximum Gasteiger partial charge on any atom is 0.149 e. The number of aromatic hydroxyl groups is 1. The number of carbonyl (C=O) groups excluding carboxylic acids is 1. The molecule has 0 aliphatic heterocycles. The van der Waals surface area contributed by atoms with Gasteiger partial charge in [0.15, 0.2) is 0 Å². The van der Waals surface area contributed by atoms with E-state index >= 15 is 0 Å². The maximum atomic E-state index is 10.4. The van der Waals surface area contributed by atoms with Crippen molar-refractivity contribution in [2.45, 2.75) is 20.0 Å². The van der Waals surface area contributed by atoms with E-state index in [-0.39, 0.29) is 17.7 Å². The number of aliphatic imine (C=N–C) groups is 1. The number of carbonyl (C=O) groups is 1. The molecule has 0 atom stereocenters. The van der Waals surface area contributed by atoms with Crippen LogP contribution in [0.15, 0.2) is 47.5 Å². The lowest BCUT2D eigenvalue weighted by molar-refractivity contribution is -0.104. The van der Waals surface area contributed by atoms with Crippen LogP contribution in [-0.2, 0) is 4.79 Å². The molecule has 1 rings (SSSR count). The van der Waals surface area contributed by atoms with Gasteiger partial charge in [-0.15, -0.1) is 0 Å². The standard InChI is InChI=1S/C15H18N2O3/c1-10(2)20-14-7-12(6-13(19)8-14)17-15(16)5-4-11(3)9-18/h4-10,19H,3H2,1-2H3,(H2,16,17)/b5-4-. The van der Waals surface area contributed by atoms with Gasteiger partial charge in [-0.3, -0.25) is 4.79 Å². The molecule has 0 saturated heterocycles. The van der Waals surface area contributed by atoms with Crippen molar-refractivity contribution in [3.63, 3.8) is 0 Å². The Morgan fingerprint density at radius 3 is 2.70 bits per heavy atom. The fraction of sp³-hybridized carbons (Fsp3) is 0.200. The van der Waals surface area contributed by atoms with Gasteiger partial charge in [-0.25, -0.2) is 4.99 Å². The van der Waals surface area contributed by atoms with Crippen molar-refractivity contribution in [2.24, 2.45) is 10.7 Å². The van der Waals surface area contributed by atoms with Crippen LogP contribution in [-0.4, -0.2) is 23.3 Å². The van der Waals surface area contributed by atoms with E-state index in [4.69, 9.17) is 10.5 Å². The van der Waals surface area contributed by atoms with Crippen LogP contribution in [0.2, 0.25) is 0 Å². The average molecular weight is 274 g/mol. The largest absolute Gasteiger partial charge is 0.508 e. The Hall–Kier alpha value is -2.56. The van der Waals surface area contributed by atoms with E-state index in [1.807, 2.05) is 13.8 Å². The van der Waals surface area contributed by atoms with Crippen LogP contribution in [0.3, 0.4) is 0 Å². The summed E-state index contributed by atoms with van der Waals surface area (Å²) in [4.78, 5) is 14.5. The number of amidine groups is 1. The van der Waals surface area contributed by atoms with E-state index in [0.717, 1.165) is 0 Å². The first-order valence-electron chi connectivity index (χ1n) is 6.07. The van der Waals surface area contributed by atoms with E-state index in [1.54, 1.807) is 6.07 Å². The van der Waals surface area contributed by atoms with Gasteiger partial charge in [-0.1, -0.05) is 6.58 Å². The highest BCUT2D eigenvalue weighted by Gasteiger charge is 2.03. The summed E-state index contributed by atoms with van der Waals surface area (Å²) in [5.41, 5.74) is 6.45. The van der Waals surface area contributed by atoms with Gasteiger partial charge in [0, 0.05) is 23.8 Å². The normalized spacial score (nSPS) is 11.8. The van der Waals surface area contributed by atoms with Crippen LogP contribution < -0.4 is 10.5 Å². The first kappa shape index (κ1) is 15.5. The number of phenols is 1. The summed E-state index contributed by atoms with van der Waals surface area (Å²) >= 11 is 0. The monoisotopic (exact) mass is 274 g/mol. The van der Waals surface area contributed by atoms with Crippen LogP contribution in [0, 0.1) is 0 Å². The number of ether oxygens (including phenoxy) is 1. The molecule has 3 N–H and O–H groups in total. The van der Waals surface area contributed by atoms with E-state index < -0.39 is 0 Å². The molecule has 0 aliphatic carbocycles. The molecule has 0 fully saturated rings. The zero-order valence-electron chi connectivity index (χ0n) is 11.5. The second-order valence-electron chi connectivity index (χ2n) is 4.41. The molecule has 0 unspecified atom stereocenters. The molecule has 106 valence electrons. The molecule has 1 aromatic carbocycles. The molecular weight excluding hydrogens is 256 g/mol. The summed E-state index contributed by atoms with van der Waals surface area (Å²) < 4.78 is 5.48. The Balaban J connectivity index is 2.95. The third-order valence-electron chi connectivity index (χ3n) is 2.13. The Bertz CT molecular complexity index is 560. The number of benzene rings is 1. The van der Waals surface area contributed by atoms with Crippen LogP contribution in [0.5, 0.6) is 11.5 Å². The molecule has 0 amide bonds. The predicted octanol–water partition coefficient (Wildman–Crippen LogP) is 2.48. The lowest BCUT2D eigenvalue weighted by atomic mass is 10.2. The highest BCUT2D eigenvalue weighted by molar-refractivity contribution is 5.95. The van der Waals surface area contributed by atoms with Crippen LogP contribution in [0.4, 0.5) is 5.69 Å². The Morgan fingerprint density at radius 2 is 2.10 bits per heavy atom. The molecule has 5 nitrogen and oxygen atoms in total. The zero-order valence-corrected chi connectivity index (χ0v) is 11.5. The van der Waals surface area contributed by atoms with Crippen LogP contribution >= 0.6 is 0 Å². The van der Waals surface area contributed by atoms with Crippen molar-refractivity contribution in [3.05, 3.63) is 42.5 Å². The smallest absolute Gasteiger partial charge is 0.149 e. The minimum Gasteiger partial charge on any atom is -0.508 e. The average Bonchev–Trinajstić information content (AvgIpc) is 2.34. The minimum absolute atomic E-state index is 0.0122. The fourth-order valence-corrected chi connectivity index (χ4v) is 1.39. The number of rotatable bonds is 6. The first-order valence-corrected chi connectivity index (χ1v) is 6.07. The Morgan fingerprint density at radius 1 is 1.40 bits per heavy atom. The van der Waals surface area contributed by atoms with Crippen molar-refractivity contribution in [2.75, 3.05) is 0 Å². The van der Waals surface area contributed by atoms with Gasteiger partial charge in [0.2, 0.25) is 0 Å². The van der Waals surface area contributed by atoms with E-state index in [2.05, 4.69) is 11.6 Å². The van der Waals surface area contributed by atoms with Crippen molar-refractivity contribution in [1.82, 2.24) is 0 Å². The molecule has 0 aromatic heterocycles. The molecule has 20 heavy (non-hydrogen) atoms. The maximum absolute atomic E-state index is 10.4. The molecule has 5 heteroatoms. The number of hydrogen-bond donors (Lipinski definition) is 2. The molecule has 0 aliphatic rings. The Kier molecular flexibility index (Phi) is 5.53. The summed E-state index contributed by atoms with van der Waals surface area (Å²) in [6.45, 7) is 7.26. The highest BCUT2D eigenvalue weighted by Crippen LogP contribution is 2.27. The van der Waals surface area contributed by atoms with Crippen molar-refractivity contribution < 1.29 is 14.6 Å². The van der Waals surface area contributed by atoms with Crippen molar-refractivity contribution in [1.29, 1.82) is 0 Å². The van der Waals surface area contributed by atoms with Gasteiger partial charge in [-0.05, 0) is 26.0 Å². The molecule has 1 aromatic rings. The van der Waals surface area contributed by atoms with E-state index in [1.165, 1.54) is 24.3 Å². The van der Waals surface area contributed by atoms with Gasteiger partial charge in [0.05, 0.1) is 11.8 Å². The number of aldehydes is 1. The number of phenolic OH excluding ortho intramolecular Hbond substituents is 1. The molecule has 0 heterocycles. The zero-order chi connectivity index (χ0) is 15.1. The molecular formula is C15H18N2O3. The molecule has 0 saturated carbocycles. The summed E-state index contributed by atoms with van der Waals surface area (Å²) in [6.07, 6.45) is 3.53. The van der Waals surface area contributed by atoms with Crippen LogP contribution in [0.25, 0.3) is 0 Å². The third kappa shape index (κ3) is 5.39. The quantitative estimate of drug-likeness (QED) is 0.274. The van der Waals surface area contributed by atoms with Crippen molar-refractivity contribution >= 4 is 17.8 Å². The third-order valence-corrected chi connectivity index (χ3v) is 2.13. The van der Waals surface area contributed by atoms with Crippen molar-refractivity contribution in [3.8, 4) is 11.5 Å². The minimum atomic E-state index is -0.0122. The Labute approximate surface area is 118 Å². The van der Waals surface area contributed by atoms with E-state index in [9.17, 15) is 9.90 Å². The highest BCUT2D eigenvalue weighted by atomic mass is 16.5. The van der Waals surface area contributed by atoms with Gasteiger partial charge in [0.1, 0.15) is 23.6 Å². The summed E-state index contributed by atoms with van der Waals surface area (Å²) in [7, 11) is 0. The topological polar surface area (TPSA) is 84.9 Å². The summed E-state index contributed by atoms with van der Waals surface area (Å²) in [6, 6.07) is 4.62. The lowest BCUT2D eigenvalue weighted by Gasteiger charge is -2.10. The number of hydrogen-bond acceptors (Lipinski definition) is 4. The molecule has 0 radical (unpaired) electrons. The summed E-state index contributed by atoms with van der Waals surface area (Å²) in [5, 5.41) is 9.61. The number of nitrogens with zero attached hydrogens (tertiary/aromatic N) is 1. The fourth-order valence-electron chi connectivity index (χ4n) is 1.39. The SMILES string of the molecule is C=C(C=O)/C=C\C(N)=Nc1cc(O)cc(OC(C)C)c1. The summed E-state index contributed by atoms with van der Waals surface area (Å²) in [5.74, 6) is 0.734. The molecule has 0 spiro atoms.